The SMILES string of the molecule is CC(C)S(=O)Nc1ccc(Br)cc1. The Morgan fingerprint density at radius 2 is 1.85 bits per heavy atom. The molecule has 0 aromatic heterocycles. The van der Waals surface area contributed by atoms with Crippen molar-refractivity contribution in [3.8, 4) is 0 Å². The summed E-state index contributed by atoms with van der Waals surface area (Å²) in [5, 5.41) is 0.128. The average molecular weight is 262 g/mol. The van der Waals surface area contributed by atoms with E-state index in [2.05, 4.69) is 20.7 Å². The van der Waals surface area contributed by atoms with Crippen LogP contribution in [0.2, 0.25) is 0 Å². The number of benzene rings is 1. The molecular formula is C9H12BrNOS. The van der Waals surface area contributed by atoms with Gasteiger partial charge in [-0.2, -0.15) is 0 Å². The van der Waals surface area contributed by atoms with Crippen molar-refractivity contribution in [1.29, 1.82) is 0 Å². The summed E-state index contributed by atoms with van der Waals surface area (Å²) >= 11 is 3.34. The fourth-order valence-corrected chi connectivity index (χ4v) is 1.62. The second-order valence-electron chi connectivity index (χ2n) is 2.96. The van der Waals surface area contributed by atoms with Crippen molar-refractivity contribution in [1.82, 2.24) is 0 Å². The van der Waals surface area contributed by atoms with Gasteiger partial charge in [-0.15, -0.1) is 0 Å². The van der Waals surface area contributed by atoms with Gasteiger partial charge in [0.05, 0.1) is 0 Å². The fraction of sp³-hybridized carbons (Fsp3) is 0.333. The molecule has 1 rings (SSSR count). The Kier molecular flexibility index (Phi) is 3.93. The molecular weight excluding hydrogens is 250 g/mol. The average Bonchev–Trinajstić information content (AvgIpc) is 2.08. The molecule has 0 fully saturated rings. The van der Waals surface area contributed by atoms with Gasteiger partial charge in [-0.3, -0.25) is 0 Å². The van der Waals surface area contributed by atoms with Crippen LogP contribution in [0.15, 0.2) is 28.7 Å². The molecule has 4 heteroatoms. The van der Waals surface area contributed by atoms with Gasteiger partial charge in [-0.25, -0.2) is 4.21 Å². The number of halogens is 1. The third-order valence-electron chi connectivity index (χ3n) is 1.49. The Morgan fingerprint density at radius 3 is 2.31 bits per heavy atom. The van der Waals surface area contributed by atoms with E-state index < -0.39 is 11.0 Å². The predicted molar refractivity (Wildman–Crippen MR) is 61.0 cm³/mol. The van der Waals surface area contributed by atoms with Crippen molar-refractivity contribution in [2.75, 3.05) is 4.72 Å². The van der Waals surface area contributed by atoms with Gasteiger partial charge in [0.1, 0.15) is 11.0 Å². The third kappa shape index (κ3) is 3.48. The maximum Gasteiger partial charge on any atom is 0.119 e. The molecule has 0 bridgehead atoms. The molecule has 0 aliphatic carbocycles. The molecule has 0 spiro atoms. The molecule has 1 unspecified atom stereocenters. The zero-order chi connectivity index (χ0) is 9.84. The summed E-state index contributed by atoms with van der Waals surface area (Å²) in [6.07, 6.45) is 0. The fourth-order valence-electron chi connectivity index (χ4n) is 0.752. The largest absolute Gasteiger partial charge is 0.305 e. The summed E-state index contributed by atoms with van der Waals surface area (Å²) in [5.41, 5.74) is 0.884. The summed E-state index contributed by atoms with van der Waals surface area (Å²) in [6.45, 7) is 3.84. The van der Waals surface area contributed by atoms with Crippen molar-refractivity contribution in [3.63, 3.8) is 0 Å². The Bertz CT molecular complexity index is 297. The number of rotatable bonds is 3. The maximum absolute atomic E-state index is 11.4. The van der Waals surface area contributed by atoms with E-state index in [0.29, 0.717) is 0 Å². The molecule has 1 atom stereocenters. The first-order valence-electron chi connectivity index (χ1n) is 4.02. The van der Waals surface area contributed by atoms with E-state index in [1.807, 2.05) is 38.1 Å². The molecule has 13 heavy (non-hydrogen) atoms. The lowest BCUT2D eigenvalue weighted by molar-refractivity contribution is 0.680. The highest BCUT2D eigenvalue weighted by molar-refractivity contribution is 9.10. The van der Waals surface area contributed by atoms with Crippen molar-refractivity contribution in [2.24, 2.45) is 0 Å². The van der Waals surface area contributed by atoms with E-state index in [4.69, 9.17) is 0 Å². The van der Waals surface area contributed by atoms with E-state index in [9.17, 15) is 4.21 Å². The highest BCUT2D eigenvalue weighted by Gasteiger charge is 2.03. The van der Waals surface area contributed by atoms with E-state index in [-0.39, 0.29) is 5.25 Å². The Balaban J connectivity index is 2.65. The van der Waals surface area contributed by atoms with Gasteiger partial charge in [-0.05, 0) is 38.1 Å². The van der Waals surface area contributed by atoms with Crippen molar-refractivity contribution < 1.29 is 4.21 Å². The monoisotopic (exact) mass is 261 g/mol. The molecule has 72 valence electrons. The van der Waals surface area contributed by atoms with Crippen LogP contribution >= 0.6 is 15.9 Å². The van der Waals surface area contributed by atoms with E-state index in [0.717, 1.165) is 10.2 Å². The zero-order valence-corrected chi connectivity index (χ0v) is 9.98. The summed E-state index contributed by atoms with van der Waals surface area (Å²) in [7, 11) is -0.995. The first-order chi connectivity index (χ1) is 6.09. The summed E-state index contributed by atoms with van der Waals surface area (Å²) < 4.78 is 15.3. The lowest BCUT2D eigenvalue weighted by Gasteiger charge is -2.08. The van der Waals surface area contributed by atoms with Gasteiger partial charge in [-0.1, -0.05) is 15.9 Å². The number of nitrogens with one attached hydrogen (secondary N) is 1. The van der Waals surface area contributed by atoms with Gasteiger partial charge in [0.25, 0.3) is 0 Å². The molecule has 1 aromatic carbocycles. The first kappa shape index (κ1) is 10.7. The van der Waals surface area contributed by atoms with E-state index >= 15 is 0 Å². The van der Waals surface area contributed by atoms with Crippen molar-refractivity contribution >= 4 is 32.6 Å². The molecule has 0 saturated carbocycles. The van der Waals surface area contributed by atoms with E-state index in [1.165, 1.54) is 0 Å². The second kappa shape index (κ2) is 4.77. The second-order valence-corrected chi connectivity index (χ2v) is 5.61. The molecule has 2 nitrogen and oxygen atoms in total. The van der Waals surface area contributed by atoms with Crippen LogP contribution in [0.3, 0.4) is 0 Å². The maximum atomic E-state index is 11.4. The van der Waals surface area contributed by atoms with Gasteiger partial charge in [0, 0.05) is 15.4 Å². The highest BCUT2D eigenvalue weighted by Crippen LogP contribution is 2.15. The molecule has 0 amide bonds. The predicted octanol–water partition coefficient (Wildman–Crippen LogP) is 2.93. The highest BCUT2D eigenvalue weighted by atomic mass is 79.9. The minimum absolute atomic E-state index is 0.128. The molecule has 1 N–H and O–H groups in total. The minimum atomic E-state index is -0.995. The third-order valence-corrected chi connectivity index (χ3v) is 3.31. The van der Waals surface area contributed by atoms with Crippen LogP contribution < -0.4 is 4.72 Å². The molecule has 0 aliphatic heterocycles. The van der Waals surface area contributed by atoms with Gasteiger partial charge >= 0.3 is 0 Å². The lowest BCUT2D eigenvalue weighted by Crippen LogP contribution is -2.14. The number of anilines is 1. The molecule has 0 heterocycles. The van der Waals surface area contributed by atoms with Crippen LogP contribution in [0.4, 0.5) is 5.69 Å². The van der Waals surface area contributed by atoms with Gasteiger partial charge < -0.3 is 4.72 Å². The quantitative estimate of drug-likeness (QED) is 0.891. The van der Waals surface area contributed by atoms with Gasteiger partial charge in [0.2, 0.25) is 0 Å². The molecule has 1 aromatic rings. The van der Waals surface area contributed by atoms with E-state index in [1.54, 1.807) is 0 Å². The topological polar surface area (TPSA) is 29.1 Å². The lowest BCUT2D eigenvalue weighted by atomic mass is 10.3. The molecule has 0 saturated heterocycles. The Hall–Kier alpha value is -0.350. The van der Waals surface area contributed by atoms with Gasteiger partial charge in [0.15, 0.2) is 0 Å². The minimum Gasteiger partial charge on any atom is -0.305 e. The van der Waals surface area contributed by atoms with Crippen LogP contribution in [0.5, 0.6) is 0 Å². The first-order valence-corrected chi connectivity index (χ1v) is 6.03. The van der Waals surface area contributed by atoms with Crippen LogP contribution in [-0.4, -0.2) is 9.46 Å². The van der Waals surface area contributed by atoms with Crippen LogP contribution in [0.1, 0.15) is 13.8 Å². The summed E-state index contributed by atoms with van der Waals surface area (Å²) in [6, 6.07) is 7.62. The Labute approximate surface area is 89.5 Å². The van der Waals surface area contributed by atoms with Crippen LogP contribution in [0.25, 0.3) is 0 Å². The number of hydrogen-bond acceptors (Lipinski definition) is 1. The van der Waals surface area contributed by atoms with Crippen LogP contribution in [0, 0.1) is 0 Å². The molecule has 0 aliphatic rings. The molecule has 0 radical (unpaired) electrons. The van der Waals surface area contributed by atoms with Crippen LogP contribution in [-0.2, 0) is 11.0 Å². The Morgan fingerprint density at radius 1 is 1.31 bits per heavy atom. The number of hydrogen-bond donors (Lipinski definition) is 1. The zero-order valence-electron chi connectivity index (χ0n) is 7.58. The summed E-state index contributed by atoms with van der Waals surface area (Å²) in [5.74, 6) is 0. The van der Waals surface area contributed by atoms with Crippen molar-refractivity contribution in [2.45, 2.75) is 19.1 Å². The normalized spacial score (nSPS) is 12.9. The van der Waals surface area contributed by atoms with Crippen molar-refractivity contribution in [3.05, 3.63) is 28.7 Å². The smallest absolute Gasteiger partial charge is 0.119 e. The summed E-state index contributed by atoms with van der Waals surface area (Å²) in [4.78, 5) is 0. The standard InChI is InChI=1S/C9H12BrNOS/c1-7(2)13(12)11-9-5-3-8(10)4-6-9/h3-7,11H,1-2H3.